The Hall–Kier alpha value is -4.01. The Labute approximate surface area is 228 Å². The van der Waals surface area contributed by atoms with Gasteiger partial charge in [-0.2, -0.15) is 0 Å². The van der Waals surface area contributed by atoms with Crippen LogP contribution < -0.4 is 20.2 Å². The molecule has 7 nitrogen and oxygen atoms in total. The highest BCUT2D eigenvalue weighted by atomic mass is 35.5. The maximum absolute atomic E-state index is 13.4. The fourth-order valence-corrected chi connectivity index (χ4v) is 5.19. The molecule has 4 aromatic rings. The highest BCUT2D eigenvalue weighted by molar-refractivity contribution is 8.18. The molecule has 1 N–H and O–H groups in total. The standard InChI is InChI=1S/C29H23ClN2O5S/c1-17(27-28(34)31-29(35)38-27)18-9-13-21(14-10-18)36-15-16-37-26-24(19-7-11-20(30)12-8-19)32(2)23-6-4-3-5-22(23)25(26)33/h3-14H,15-16H2,1-2H3,(H,31,34,35)/b27-17+. The molecule has 38 heavy (non-hydrogen) atoms. The van der Waals surface area contributed by atoms with E-state index in [0.29, 0.717) is 26.8 Å². The quantitative estimate of drug-likeness (QED) is 0.225. The van der Waals surface area contributed by atoms with Crippen molar-refractivity contribution in [2.45, 2.75) is 6.92 Å². The second kappa shape index (κ2) is 10.8. The maximum atomic E-state index is 13.4. The molecular formula is C29H23ClN2O5S. The average molecular weight is 547 g/mol. The lowest BCUT2D eigenvalue weighted by atomic mass is 10.1. The summed E-state index contributed by atoms with van der Waals surface area (Å²) >= 11 is 6.98. The zero-order valence-corrected chi connectivity index (χ0v) is 22.2. The fraction of sp³-hybridized carbons (Fsp3) is 0.138. The summed E-state index contributed by atoms with van der Waals surface area (Å²) in [6.07, 6.45) is 0. The lowest BCUT2D eigenvalue weighted by molar-refractivity contribution is -0.115. The third-order valence-electron chi connectivity index (χ3n) is 6.23. The van der Waals surface area contributed by atoms with Gasteiger partial charge in [0, 0.05) is 23.0 Å². The summed E-state index contributed by atoms with van der Waals surface area (Å²) in [6, 6.07) is 21.9. The lowest BCUT2D eigenvalue weighted by Crippen LogP contribution is -2.18. The number of carbonyl (C=O) groups excluding carboxylic acids is 2. The number of imide groups is 1. The minimum absolute atomic E-state index is 0.151. The Bertz CT molecular complexity index is 1640. The average Bonchev–Trinajstić information content (AvgIpc) is 3.27. The van der Waals surface area contributed by atoms with E-state index in [2.05, 4.69) is 5.32 Å². The Morgan fingerprint density at radius 3 is 2.29 bits per heavy atom. The van der Waals surface area contributed by atoms with Gasteiger partial charge in [-0.25, -0.2) is 0 Å². The van der Waals surface area contributed by atoms with Crippen molar-refractivity contribution in [3.63, 3.8) is 0 Å². The molecule has 1 aliphatic rings. The molecule has 0 atom stereocenters. The molecule has 2 heterocycles. The number of rotatable bonds is 7. The van der Waals surface area contributed by atoms with Crippen molar-refractivity contribution >= 4 is 51.0 Å². The number of aryl methyl sites for hydroxylation is 1. The van der Waals surface area contributed by atoms with Crippen LogP contribution in [0, 0.1) is 0 Å². The number of nitrogens with one attached hydrogen (secondary N) is 1. The van der Waals surface area contributed by atoms with Crippen molar-refractivity contribution in [2.75, 3.05) is 13.2 Å². The van der Waals surface area contributed by atoms with Gasteiger partial charge < -0.3 is 14.0 Å². The van der Waals surface area contributed by atoms with Crippen LogP contribution in [0.1, 0.15) is 12.5 Å². The molecular weight excluding hydrogens is 524 g/mol. The SMILES string of the molecule is C/C(=C1\SC(=O)NC1=O)c1ccc(OCCOc2c(-c3ccc(Cl)cc3)n(C)c3ccccc3c2=O)cc1. The van der Waals surface area contributed by atoms with Gasteiger partial charge in [0.15, 0.2) is 5.75 Å². The van der Waals surface area contributed by atoms with Crippen molar-refractivity contribution in [1.82, 2.24) is 9.88 Å². The first kappa shape index (κ1) is 25.6. The summed E-state index contributed by atoms with van der Waals surface area (Å²) in [7, 11) is 1.90. The van der Waals surface area contributed by atoms with Crippen LogP contribution in [-0.4, -0.2) is 28.9 Å². The number of ether oxygens (including phenoxy) is 2. The summed E-state index contributed by atoms with van der Waals surface area (Å²) in [5.41, 5.74) is 3.61. The first-order valence-corrected chi connectivity index (χ1v) is 13.0. The second-order valence-corrected chi connectivity index (χ2v) is 10.0. The molecule has 1 aromatic heterocycles. The number of benzene rings is 3. The van der Waals surface area contributed by atoms with Crippen molar-refractivity contribution < 1.29 is 19.1 Å². The molecule has 1 saturated heterocycles. The predicted octanol–water partition coefficient (Wildman–Crippen LogP) is 6.03. The molecule has 0 saturated carbocycles. The van der Waals surface area contributed by atoms with Crippen LogP contribution in [0.2, 0.25) is 5.02 Å². The number of halogens is 1. The van der Waals surface area contributed by atoms with Gasteiger partial charge in [0.1, 0.15) is 19.0 Å². The van der Waals surface area contributed by atoms with Crippen molar-refractivity contribution in [1.29, 1.82) is 0 Å². The number of hydrogen-bond donors (Lipinski definition) is 1. The molecule has 2 amide bonds. The number of fused-ring (bicyclic) bond motifs is 1. The van der Waals surface area contributed by atoms with E-state index in [0.717, 1.165) is 34.0 Å². The number of amides is 2. The van der Waals surface area contributed by atoms with Crippen molar-refractivity contribution in [2.24, 2.45) is 7.05 Å². The van der Waals surface area contributed by atoms with Crippen LogP contribution >= 0.6 is 23.4 Å². The third-order valence-corrected chi connectivity index (χ3v) is 7.46. The topological polar surface area (TPSA) is 86.6 Å². The first-order chi connectivity index (χ1) is 18.3. The van der Waals surface area contributed by atoms with E-state index >= 15 is 0 Å². The maximum Gasteiger partial charge on any atom is 0.290 e. The predicted molar refractivity (Wildman–Crippen MR) is 151 cm³/mol. The van der Waals surface area contributed by atoms with Crippen LogP contribution in [0.15, 0.2) is 82.5 Å². The molecule has 0 unspecified atom stereocenters. The highest BCUT2D eigenvalue weighted by Crippen LogP contribution is 2.33. The molecule has 0 bridgehead atoms. The van der Waals surface area contributed by atoms with Crippen LogP contribution in [0.25, 0.3) is 27.7 Å². The lowest BCUT2D eigenvalue weighted by Gasteiger charge is -2.18. The number of hydrogen-bond acceptors (Lipinski definition) is 6. The zero-order valence-electron chi connectivity index (χ0n) is 20.6. The number of allylic oxidation sites excluding steroid dienone is 1. The van der Waals surface area contributed by atoms with E-state index in [1.165, 1.54) is 0 Å². The molecule has 1 aliphatic heterocycles. The van der Waals surface area contributed by atoms with Crippen LogP contribution in [0.5, 0.6) is 11.5 Å². The molecule has 0 radical (unpaired) electrons. The second-order valence-electron chi connectivity index (χ2n) is 8.61. The zero-order chi connectivity index (χ0) is 26.8. The Balaban J connectivity index is 1.33. The van der Waals surface area contributed by atoms with Gasteiger partial charge in [-0.3, -0.25) is 19.7 Å². The summed E-state index contributed by atoms with van der Waals surface area (Å²) in [5, 5.41) is 3.07. The van der Waals surface area contributed by atoms with Crippen LogP contribution in [-0.2, 0) is 11.8 Å². The fourth-order valence-electron chi connectivity index (χ4n) is 4.32. The van der Waals surface area contributed by atoms with Gasteiger partial charge in [-0.1, -0.05) is 48.0 Å². The number of aromatic nitrogens is 1. The van der Waals surface area contributed by atoms with E-state index in [4.69, 9.17) is 21.1 Å². The molecule has 192 valence electrons. The molecule has 1 fully saturated rings. The monoisotopic (exact) mass is 546 g/mol. The number of nitrogens with zero attached hydrogens (tertiary/aromatic N) is 1. The Morgan fingerprint density at radius 2 is 1.61 bits per heavy atom. The summed E-state index contributed by atoms with van der Waals surface area (Å²) in [6.45, 7) is 2.16. The summed E-state index contributed by atoms with van der Waals surface area (Å²) < 4.78 is 13.8. The molecule has 0 spiro atoms. The number of thioether (sulfide) groups is 1. The molecule has 3 aromatic carbocycles. The summed E-state index contributed by atoms with van der Waals surface area (Å²) in [4.78, 5) is 37.2. The summed E-state index contributed by atoms with van der Waals surface area (Å²) in [5.74, 6) is 0.475. The number of pyridine rings is 1. The van der Waals surface area contributed by atoms with Gasteiger partial charge in [-0.05, 0) is 66.2 Å². The largest absolute Gasteiger partial charge is 0.490 e. The van der Waals surface area contributed by atoms with E-state index < -0.39 is 0 Å². The Kier molecular flexibility index (Phi) is 7.26. The van der Waals surface area contributed by atoms with Crippen molar-refractivity contribution in [3.05, 3.63) is 98.5 Å². The number of carbonyl (C=O) groups is 2. The van der Waals surface area contributed by atoms with E-state index in [-0.39, 0.29) is 35.5 Å². The highest BCUT2D eigenvalue weighted by Gasteiger charge is 2.27. The van der Waals surface area contributed by atoms with Crippen LogP contribution in [0.4, 0.5) is 4.79 Å². The Morgan fingerprint density at radius 1 is 0.921 bits per heavy atom. The van der Waals surface area contributed by atoms with Crippen molar-refractivity contribution in [3.8, 4) is 22.8 Å². The molecule has 0 aliphatic carbocycles. The smallest absolute Gasteiger partial charge is 0.290 e. The third kappa shape index (κ3) is 5.05. The first-order valence-electron chi connectivity index (χ1n) is 11.8. The van der Waals surface area contributed by atoms with Gasteiger partial charge in [0.2, 0.25) is 5.43 Å². The minimum atomic E-state index is -0.382. The van der Waals surface area contributed by atoms with E-state index in [1.54, 1.807) is 37.3 Å². The van der Waals surface area contributed by atoms with Gasteiger partial charge in [-0.15, -0.1) is 0 Å². The minimum Gasteiger partial charge on any atom is -0.490 e. The van der Waals surface area contributed by atoms with Gasteiger partial charge >= 0.3 is 0 Å². The normalized spacial score (nSPS) is 14.5. The molecule has 9 heteroatoms. The van der Waals surface area contributed by atoms with Gasteiger partial charge in [0.05, 0.1) is 16.1 Å². The van der Waals surface area contributed by atoms with Gasteiger partial charge in [0.25, 0.3) is 11.1 Å². The van der Waals surface area contributed by atoms with E-state index in [1.807, 2.05) is 54.1 Å². The molecule has 5 rings (SSSR count). The van der Waals surface area contributed by atoms with Crippen LogP contribution in [0.3, 0.4) is 0 Å². The van der Waals surface area contributed by atoms with E-state index in [9.17, 15) is 14.4 Å². The number of para-hydroxylation sites is 1.